The minimum atomic E-state index is -1.51. The van der Waals surface area contributed by atoms with Crippen LogP contribution in [0, 0.1) is 0 Å². The van der Waals surface area contributed by atoms with E-state index in [4.69, 9.17) is 5.11 Å². The zero-order valence-corrected chi connectivity index (χ0v) is 20.5. The van der Waals surface area contributed by atoms with E-state index in [0.717, 1.165) is 23.1 Å². The summed E-state index contributed by atoms with van der Waals surface area (Å²) >= 11 is 0. The molecular formula is C27H32BN3O5. The van der Waals surface area contributed by atoms with Crippen molar-refractivity contribution < 1.29 is 24.7 Å². The van der Waals surface area contributed by atoms with Gasteiger partial charge in [0.2, 0.25) is 0 Å². The van der Waals surface area contributed by atoms with E-state index in [2.05, 4.69) is 10.2 Å². The number of imide groups is 1. The lowest BCUT2D eigenvalue weighted by atomic mass is 9.77. The van der Waals surface area contributed by atoms with Crippen LogP contribution in [0.25, 0.3) is 10.8 Å². The number of likely N-dealkylation sites (N-methyl/N-ethyl adjacent to an activating group) is 1. The SMILES string of the molecule is CN(CCNc1ccc2c3c(cccc13)C(=O)N(CCCCCO)C2=O)Cc1ccccc1B(O)O. The van der Waals surface area contributed by atoms with Gasteiger partial charge in [-0.05, 0) is 55.5 Å². The Morgan fingerprint density at radius 1 is 0.917 bits per heavy atom. The number of carbonyl (C=O) groups excluding carboxylic acids is 2. The van der Waals surface area contributed by atoms with Gasteiger partial charge in [0.1, 0.15) is 0 Å². The van der Waals surface area contributed by atoms with E-state index < -0.39 is 7.12 Å². The summed E-state index contributed by atoms with van der Waals surface area (Å²) in [7, 11) is 0.457. The standard InChI is InChI=1S/C27H32BN3O5/c1-30(18-19-8-3-4-11-23(19)28(35)36)16-14-29-24-13-12-22-25-20(24)9-7-10-21(25)26(33)31(27(22)34)15-5-2-6-17-32/h3-4,7-13,29,32,35-36H,2,5-6,14-18H2,1H3. The Morgan fingerprint density at radius 3 is 2.42 bits per heavy atom. The number of nitrogens with one attached hydrogen (secondary N) is 1. The summed E-state index contributed by atoms with van der Waals surface area (Å²) in [5, 5.41) is 33.1. The van der Waals surface area contributed by atoms with Gasteiger partial charge in [-0.1, -0.05) is 36.4 Å². The second kappa shape index (κ2) is 11.7. The average Bonchev–Trinajstić information content (AvgIpc) is 2.87. The number of hydrogen-bond donors (Lipinski definition) is 4. The number of aliphatic hydroxyl groups excluding tert-OH is 1. The Hall–Kier alpha value is -3.24. The van der Waals surface area contributed by atoms with Gasteiger partial charge in [-0.3, -0.25) is 14.5 Å². The maximum Gasteiger partial charge on any atom is 0.488 e. The third-order valence-corrected chi connectivity index (χ3v) is 6.61. The van der Waals surface area contributed by atoms with E-state index in [1.807, 2.05) is 37.4 Å². The summed E-state index contributed by atoms with van der Waals surface area (Å²) in [6.45, 7) is 2.33. The fourth-order valence-electron chi connectivity index (χ4n) is 4.74. The van der Waals surface area contributed by atoms with Crippen LogP contribution in [-0.2, 0) is 6.54 Å². The summed E-state index contributed by atoms with van der Waals surface area (Å²) in [5.41, 5.74) is 3.27. The summed E-state index contributed by atoms with van der Waals surface area (Å²) in [5.74, 6) is -0.549. The normalized spacial score (nSPS) is 13.1. The van der Waals surface area contributed by atoms with Gasteiger partial charge in [0.05, 0.1) is 0 Å². The van der Waals surface area contributed by atoms with Crippen molar-refractivity contribution in [3.8, 4) is 0 Å². The van der Waals surface area contributed by atoms with Crippen molar-refractivity contribution in [3.63, 3.8) is 0 Å². The van der Waals surface area contributed by atoms with Crippen molar-refractivity contribution in [2.45, 2.75) is 25.8 Å². The molecule has 0 spiro atoms. The van der Waals surface area contributed by atoms with Gasteiger partial charge in [-0.25, -0.2) is 0 Å². The summed E-state index contributed by atoms with van der Waals surface area (Å²) < 4.78 is 0. The van der Waals surface area contributed by atoms with Crippen molar-refractivity contribution in [3.05, 3.63) is 71.3 Å². The largest absolute Gasteiger partial charge is 0.488 e. The number of amides is 2. The predicted octanol–water partition coefficient (Wildman–Crippen LogP) is 1.82. The Bertz CT molecular complexity index is 1230. The van der Waals surface area contributed by atoms with Crippen LogP contribution in [0.15, 0.2) is 54.6 Å². The molecule has 3 aromatic carbocycles. The van der Waals surface area contributed by atoms with E-state index in [9.17, 15) is 19.6 Å². The molecule has 0 atom stereocenters. The average molecular weight is 489 g/mol. The van der Waals surface area contributed by atoms with Crippen molar-refractivity contribution >= 4 is 40.9 Å². The zero-order chi connectivity index (χ0) is 25.7. The molecule has 2 amide bonds. The van der Waals surface area contributed by atoms with Gasteiger partial charge in [0, 0.05) is 60.4 Å². The molecule has 0 aliphatic carbocycles. The molecule has 4 rings (SSSR count). The van der Waals surface area contributed by atoms with E-state index >= 15 is 0 Å². The van der Waals surface area contributed by atoms with Gasteiger partial charge in [0.15, 0.2) is 0 Å². The molecule has 0 saturated heterocycles. The Morgan fingerprint density at radius 2 is 1.67 bits per heavy atom. The molecule has 1 heterocycles. The van der Waals surface area contributed by atoms with Crippen LogP contribution < -0.4 is 10.8 Å². The maximum atomic E-state index is 13.1. The molecule has 3 aromatic rings. The minimum Gasteiger partial charge on any atom is -0.423 e. The molecule has 188 valence electrons. The number of rotatable bonds is 12. The smallest absolute Gasteiger partial charge is 0.423 e. The van der Waals surface area contributed by atoms with Gasteiger partial charge in [-0.2, -0.15) is 0 Å². The number of unbranched alkanes of at least 4 members (excludes halogenated alkanes) is 2. The fraction of sp³-hybridized carbons (Fsp3) is 0.333. The highest BCUT2D eigenvalue weighted by molar-refractivity contribution is 6.59. The second-order valence-corrected chi connectivity index (χ2v) is 9.17. The van der Waals surface area contributed by atoms with E-state index in [0.29, 0.717) is 61.0 Å². The molecule has 0 radical (unpaired) electrons. The van der Waals surface area contributed by atoms with Crippen LogP contribution in [0.1, 0.15) is 45.5 Å². The van der Waals surface area contributed by atoms with E-state index in [1.54, 1.807) is 24.3 Å². The molecule has 0 fully saturated rings. The maximum absolute atomic E-state index is 13.1. The van der Waals surface area contributed by atoms with Crippen LogP contribution >= 0.6 is 0 Å². The van der Waals surface area contributed by atoms with Crippen molar-refractivity contribution in [2.24, 2.45) is 0 Å². The van der Waals surface area contributed by atoms with Crippen molar-refractivity contribution in [2.75, 3.05) is 38.6 Å². The number of carbonyl (C=O) groups is 2. The number of nitrogens with zero attached hydrogens (tertiary/aromatic N) is 2. The number of hydrogen-bond acceptors (Lipinski definition) is 7. The minimum absolute atomic E-state index is 0.106. The first-order valence-electron chi connectivity index (χ1n) is 12.3. The quantitative estimate of drug-likeness (QED) is 0.174. The number of anilines is 1. The lowest BCUT2D eigenvalue weighted by molar-refractivity contribution is 0.0607. The van der Waals surface area contributed by atoms with Crippen LogP contribution in [0.3, 0.4) is 0 Å². The van der Waals surface area contributed by atoms with E-state index in [1.165, 1.54) is 4.90 Å². The summed E-state index contributed by atoms with van der Waals surface area (Å²) in [6, 6.07) is 16.5. The zero-order valence-electron chi connectivity index (χ0n) is 20.5. The molecule has 36 heavy (non-hydrogen) atoms. The summed E-state index contributed by atoms with van der Waals surface area (Å²) in [6.07, 6.45) is 2.08. The molecule has 1 aliphatic heterocycles. The first-order chi connectivity index (χ1) is 17.4. The van der Waals surface area contributed by atoms with E-state index in [-0.39, 0.29) is 18.4 Å². The third-order valence-electron chi connectivity index (χ3n) is 6.61. The highest BCUT2D eigenvalue weighted by Gasteiger charge is 2.32. The third kappa shape index (κ3) is 5.44. The molecule has 4 N–H and O–H groups in total. The molecule has 0 saturated carbocycles. The van der Waals surface area contributed by atoms with Crippen LogP contribution in [-0.4, -0.2) is 77.2 Å². The molecule has 0 aromatic heterocycles. The van der Waals surface area contributed by atoms with Crippen molar-refractivity contribution in [1.82, 2.24) is 9.80 Å². The monoisotopic (exact) mass is 489 g/mol. The van der Waals surface area contributed by atoms with Crippen molar-refractivity contribution in [1.29, 1.82) is 0 Å². The van der Waals surface area contributed by atoms with Crippen LogP contribution in [0.2, 0.25) is 0 Å². The Labute approximate surface area is 211 Å². The van der Waals surface area contributed by atoms with Crippen LogP contribution in [0.4, 0.5) is 5.69 Å². The highest BCUT2D eigenvalue weighted by Crippen LogP contribution is 2.34. The second-order valence-electron chi connectivity index (χ2n) is 9.17. The Balaban J connectivity index is 1.46. The first kappa shape index (κ1) is 25.8. The predicted molar refractivity (Wildman–Crippen MR) is 141 cm³/mol. The lowest BCUT2D eigenvalue weighted by Crippen LogP contribution is -2.41. The van der Waals surface area contributed by atoms with Crippen LogP contribution in [0.5, 0.6) is 0 Å². The molecular weight excluding hydrogens is 457 g/mol. The number of benzene rings is 3. The van der Waals surface area contributed by atoms with Gasteiger partial charge < -0.3 is 25.4 Å². The molecule has 9 heteroatoms. The van der Waals surface area contributed by atoms with Gasteiger partial charge in [0.25, 0.3) is 11.8 Å². The van der Waals surface area contributed by atoms with Gasteiger partial charge in [-0.15, -0.1) is 0 Å². The highest BCUT2D eigenvalue weighted by atomic mass is 16.4. The Kier molecular flexibility index (Phi) is 8.38. The van der Waals surface area contributed by atoms with Gasteiger partial charge >= 0.3 is 7.12 Å². The lowest BCUT2D eigenvalue weighted by Gasteiger charge is -2.28. The summed E-state index contributed by atoms with van der Waals surface area (Å²) in [4.78, 5) is 29.7. The topological polar surface area (TPSA) is 113 Å². The molecule has 1 aliphatic rings. The molecule has 0 unspecified atom stereocenters. The molecule has 8 nitrogen and oxygen atoms in total. The number of aliphatic hydroxyl groups is 1. The fourth-order valence-corrected chi connectivity index (χ4v) is 4.74. The first-order valence-corrected chi connectivity index (χ1v) is 12.3. The molecule has 0 bridgehead atoms.